The molecule has 0 radical (unpaired) electrons. The van der Waals surface area contributed by atoms with Gasteiger partial charge in [-0.25, -0.2) is 0 Å². The van der Waals surface area contributed by atoms with Crippen molar-refractivity contribution in [2.45, 2.75) is 12.5 Å². The lowest BCUT2D eigenvalue weighted by Gasteiger charge is -2.19. The maximum Gasteiger partial charge on any atom is 0.238 e. The number of fused-ring (bicyclic) bond motifs is 1. The van der Waals surface area contributed by atoms with E-state index in [9.17, 15) is 5.11 Å². The number of aliphatic hydroxyl groups is 1. The maximum absolute atomic E-state index is 10.1. The highest BCUT2D eigenvalue weighted by Crippen LogP contribution is 2.25. The molecule has 1 aliphatic heterocycles. The first kappa shape index (κ1) is 14.1. The number of hydrogen-bond acceptors (Lipinski definition) is 5. The monoisotopic (exact) mass is 311 g/mol. The van der Waals surface area contributed by atoms with Crippen molar-refractivity contribution >= 4 is 16.7 Å². The second-order valence-electron chi connectivity index (χ2n) is 5.50. The molecule has 2 aromatic carbocycles. The fraction of sp³-hybridized carbons (Fsp3) is 0.222. The summed E-state index contributed by atoms with van der Waals surface area (Å²) in [5.74, 6) is 0.726. The number of nitrogens with zero attached hydrogens (tertiary/aromatic N) is 1. The summed E-state index contributed by atoms with van der Waals surface area (Å²) < 4.78 is 16.7. The molecular formula is C18H17NO4. The molecule has 4 rings (SSSR count). The molecule has 5 heteroatoms. The minimum absolute atomic E-state index is 0.197. The molecule has 5 nitrogen and oxygen atoms in total. The van der Waals surface area contributed by atoms with Crippen molar-refractivity contribution in [1.82, 2.24) is 0 Å². The first-order valence-electron chi connectivity index (χ1n) is 7.55. The number of benzene rings is 2. The van der Waals surface area contributed by atoms with Crippen molar-refractivity contribution in [2.24, 2.45) is 0 Å². The minimum atomic E-state index is -0.946. The van der Waals surface area contributed by atoms with Gasteiger partial charge in [-0.05, 0) is 30.3 Å². The predicted molar refractivity (Wildman–Crippen MR) is 86.4 cm³/mol. The van der Waals surface area contributed by atoms with Crippen LogP contribution in [-0.4, -0.2) is 30.8 Å². The third kappa shape index (κ3) is 2.88. The zero-order chi connectivity index (χ0) is 15.6. The molecule has 23 heavy (non-hydrogen) atoms. The average Bonchev–Trinajstić information content (AvgIpc) is 3.19. The summed E-state index contributed by atoms with van der Waals surface area (Å²) >= 11 is 0. The molecule has 0 saturated carbocycles. The van der Waals surface area contributed by atoms with Gasteiger partial charge in [0.1, 0.15) is 24.0 Å². The van der Waals surface area contributed by atoms with E-state index < -0.39 is 6.41 Å². The summed E-state index contributed by atoms with van der Waals surface area (Å²) in [6.07, 6.45) is 0.513. The normalized spacial score (nSPS) is 21.0. The lowest BCUT2D eigenvalue weighted by Crippen LogP contribution is -2.29. The summed E-state index contributed by atoms with van der Waals surface area (Å²) in [5.41, 5.74) is 1.72. The van der Waals surface area contributed by atoms with Gasteiger partial charge < -0.3 is 23.9 Å². The van der Waals surface area contributed by atoms with Crippen LogP contribution in [0.3, 0.4) is 0 Å². The zero-order valence-corrected chi connectivity index (χ0v) is 12.5. The van der Waals surface area contributed by atoms with E-state index in [1.165, 1.54) is 0 Å². The third-order valence-corrected chi connectivity index (χ3v) is 3.93. The Morgan fingerprint density at radius 1 is 1.13 bits per heavy atom. The lowest BCUT2D eigenvalue weighted by molar-refractivity contribution is -0.0966. The van der Waals surface area contributed by atoms with Gasteiger partial charge in [0.25, 0.3) is 0 Å². The third-order valence-electron chi connectivity index (χ3n) is 3.93. The number of hydrogen-bond donors (Lipinski definition) is 1. The molecule has 1 aromatic heterocycles. The molecule has 2 unspecified atom stereocenters. The Bertz CT molecular complexity index is 786. The van der Waals surface area contributed by atoms with Crippen LogP contribution in [0.4, 0.5) is 5.69 Å². The van der Waals surface area contributed by atoms with E-state index in [1.807, 2.05) is 59.5 Å². The highest BCUT2D eigenvalue weighted by Gasteiger charge is 2.31. The van der Waals surface area contributed by atoms with E-state index in [0.717, 1.165) is 22.4 Å². The Morgan fingerprint density at radius 2 is 2.00 bits per heavy atom. The van der Waals surface area contributed by atoms with E-state index in [1.54, 1.807) is 6.26 Å². The summed E-state index contributed by atoms with van der Waals surface area (Å²) in [6, 6.07) is 17.3. The first-order valence-corrected chi connectivity index (χ1v) is 7.55. The molecule has 0 spiro atoms. The minimum Gasteiger partial charge on any atom is -0.491 e. The van der Waals surface area contributed by atoms with Gasteiger partial charge in [-0.15, -0.1) is 0 Å². The zero-order valence-electron chi connectivity index (χ0n) is 12.5. The molecule has 1 aliphatic rings. The molecule has 0 bridgehead atoms. The second-order valence-corrected chi connectivity index (χ2v) is 5.50. The maximum atomic E-state index is 10.1. The molecular weight excluding hydrogens is 294 g/mol. The quantitative estimate of drug-likeness (QED) is 0.803. The van der Waals surface area contributed by atoms with Gasteiger partial charge in [-0.2, -0.15) is 0 Å². The lowest BCUT2D eigenvalue weighted by atomic mass is 10.2. The topological polar surface area (TPSA) is 55.1 Å². The fourth-order valence-corrected chi connectivity index (χ4v) is 2.76. The van der Waals surface area contributed by atoms with Crippen molar-refractivity contribution < 1.29 is 19.0 Å². The van der Waals surface area contributed by atoms with Crippen LogP contribution in [-0.2, 0) is 4.74 Å². The van der Waals surface area contributed by atoms with E-state index in [0.29, 0.717) is 13.2 Å². The number of rotatable bonds is 4. The second kappa shape index (κ2) is 5.95. The molecule has 2 heterocycles. The summed E-state index contributed by atoms with van der Waals surface area (Å²) in [5, 5.41) is 11.1. The van der Waals surface area contributed by atoms with E-state index >= 15 is 0 Å². The highest BCUT2D eigenvalue weighted by atomic mass is 16.7. The summed E-state index contributed by atoms with van der Waals surface area (Å²) in [6.45, 7) is 0.945. The first-order chi connectivity index (χ1) is 11.3. The van der Waals surface area contributed by atoms with Gasteiger partial charge in [0.05, 0.1) is 12.8 Å². The Kier molecular flexibility index (Phi) is 3.65. The van der Waals surface area contributed by atoms with E-state index in [-0.39, 0.29) is 6.10 Å². The van der Waals surface area contributed by atoms with Crippen LogP contribution in [0.5, 0.6) is 5.75 Å². The van der Waals surface area contributed by atoms with Gasteiger partial charge in [0.2, 0.25) is 6.41 Å². The van der Waals surface area contributed by atoms with Gasteiger partial charge in [0, 0.05) is 17.1 Å². The van der Waals surface area contributed by atoms with Crippen molar-refractivity contribution in [3.63, 3.8) is 0 Å². The van der Waals surface area contributed by atoms with Crippen LogP contribution in [0.25, 0.3) is 11.0 Å². The van der Waals surface area contributed by atoms with Crippen LogP contribution < -0.4 is 9.64 Å². The van der Waals surface area contributed by atoms with E-state index in [4.69, 9.17) is 13.9 Å². The molecule has 2 atom stereocenters. The number of para-hydroxylation sites is 1. The van der Waals surface area contributed by atoms with Gasteiger partial charge >= 0.3 is 0 Å². The number of furan rings is 1. The van der Waals surface area contributed by atoms with Gasteiger partial charge in [-0.1, -0.05) is 18.2 Å². The number of aliphatic hydroxyl groups excluding tert-OH is 1. The number of ether oxygens (including phenoxy) is 2. The molecule has 118 valence electrons. The molecule has 0 amide bonds. The fourth-order valence-electron chi connectivity index (χ4n) is 2.76. The van der Waals surface area contributed by atoms with Gasteiger partial charge in [0.15, 0.2) is 0 Å². The number of anilines is 1. The van der Waals surface area contributed by atoms with E-state index in [2.05, 4.69) is 0 Å². The Balaban J connectivity index is 1.40. The van der Waals surface area contributed by atoms with Crippen LogP contribution in [0.2, 0.25) is 0 Å². The van der Waals surface area contributed by atoms with Crippen LogP contribution in [0.1, 0.15) is 0 Å². The van der Waals surface area contributed by atoms with Gasteiger partial charge in [-0.3, -0.25) is 0 Å². The SMILES string of the molecule is OC1OC(COc2ccc3ccoc3c2)CN1c1ccccc1. The standard InChI is InChI=1S/C18H17NO4/c20-18-19(14-4-2-1-3-5-14)11-16(23-18)12-22-15-7-6-13-8-9-21-17(13)10-15/h1-10,16,18,20H,11-12H2. The van der Waals surface area contributed by atoms with Crippen LogP contribution >= 0.6 is 0 Å². The van der Waals surface area contributed by atoms with Crippen LogP contribution in [0.15, 0.2) is 65.3 Å². The van der Waals surface area contributed by atoms with Crippen molar-refractivity contribution in [3.8, 4) is 5.75 Å². The Morgan fingerprint density at radius 3 is 2.87 bits per heavy atom. The predicted octanol–water partition coefficient (Wildman–Crippen LogP) is 2.99. The largest absolute Gasteiger partial charge is 0.491 e. The smallest absolute Gasteiger partial charge is 0.238 e. The molecule has 1 N–H and O–H groups in total. The Hall–Kier alpha value is -2.50. The van der Waals surface area contributed by atoms with Crippen molar-refractivity contribution in [2.75, 3.05) is 18.1 Å². The van der Waals surface area contributed by atoms with Crippen molar-refractivity contribution in [1.29, 1.82) is 0 Å². The summed E-state index contributed by atoms with van der Waals surface area (Å²) in [4.78, 5) is 1.81. The van der Waals surface area contributed by atoms with Crippen molar-refractivity contribution in [3.05, 3.63) is 60.9 Å². The molecule has 1 saturated heterocycles. The molecule has 1 fully saturated rings. The highest BCUT2D eigenvalue weighted by molar-refractivity contribution is 5.78. The molecule has 0 aliphatic carbocycles. The molecule has 3 aromatic rings. The Labute approximate surface area is 133 Å². The average molecular weight is 311 g/mol. The summed E-state index contributed by atoms with van der Waals surface area (Å²) in [7, 11) is 0. The van der Waals surface area contributed by atoms with Crippen LogP contribution in [0, 0.1) is 0 Å².